The lowest BCUT2D eigenvalue weighted by Crippen LogP contribution is -2.45. The van der Waals surface area contributed by atoms with Gasteiger partial charge in [-0.2, -0.15) is 0 Å². The number of aryl methyl sites for hydroxylation is 1. The number of hydrogen-bond acceptors (Lipinski definition) is 2. The molecule has 3 rings (SSSR count). The monoisotopic (exact) mass is 299 g/mol. The van der Waals surface area contributed by atoms with Gasteiger partial charge >= 0.3 is 0 Å². The van der Waals surface area contributed by atoms with Crippen LogP contribution >= 0.6 is 0 Å². The van der Waals surface area contributed by atoms with Crippen LogP contribution in [0.15, 0.2) is 29.5 Å². The maximum Gasteiger partial charge on any atom is 0.193 e. The molecule has 1 aliphatic heterocycles. The molecular weight excluding hydrogens is 274 g/mol. The second-order valence-electron chi connectivity index (χ2n) is 6.27. The van der Waals surface area contributed by atoms with E-state index in [-0.39, 0.29) is 0 Å². The molecule has 1 saturated heterocycles. The number of aliphatic imine (C=N–C) groups is 1. The molecule has 5 nitrogen and oxygen atoms in total. The molecule has 1 N–H and O–H groups in total. The summed E-state index contributed by atoms with van der Waals surface area (Å²) in [6.45, 7) is 7.30. The summed E-state index contributed by atoms with van der Waals surface area (Å²) in [6, 6.07) is 4.20. The summed E-state index contributed by atoms with van der Waals surface area (Å²) in [6.07, 6.45) is 6.62. The van der Waals surface area contributed by atoms with Gasteiger partial charge in [0.1, 0.15) is 5.65 Å². The highest BCUT2D eigenvalue weighted by Gasteiger charge is 2.18. The molecule has 0 spiro atoms. The average Bonchev–Trinajstić information content (AvgIpc) is 2.91. The molecule has 0 atom stereocenters. The highest BCUT2D eigenvalue weighted by molar-refractivity contribution is 5.79. The Morgan fingerprint density at radius 1 is 1.41 bits per heavy atom. The number of likely N-dealkylation sites (tertiary alicyclic amines) is 1. The lowest BCUT2D eigenvalue weighted by atomic mass is 10.00. The fourth-order valence-corrected chi connectivity index (χ4v) is 2.94. The summed E-state index contributed by atoms with van der Waals surface area (Å²) in [5.74, 6) is 1.82. The number of piperidine rings is 1. The number of pyridine rings is 1. The number of rotatable bonds is 2. The van der Waals surface area contributed by atoms with Crippen molar-refractivity contribution in [2.24, 2.45) is 10.9 Å². The van der Waals surface area contributed by atoms with E-state index >= 15 is 0 Å². The summed E-state index contributed by atoms with van der Waals surface area (Å²) in [5.41, 5.74) is 3.27. The first-order valence-corrected chi connectivity index (χ1v) is 8.05. The van der Waals surface area contributed by atoms with Gasteiger partial charge in [0.05, 0.1) is 12.2 Å². The van der Waals surface area contributed by atoms with Crippen molar-refractivity contribution < 1.29 is 0 Å². The standard InChI is InChI=1S/C17H25N5/c1-13-4-7-21(8-5-13)17(18-3)19-11-15-12-22-9-6-14(2)10-16(22)20-15/h6,9-10,12-13H,4-5,7-8,11H2,1-3H3,(H,18,19). The molecule has 2 aromatic rings. The molecular formula is C17H25N5. The molecule has 5 heteroatoms. The van der Waals surface area contributed by atoms with Crippen LogP contribution in [0.1, 0.15) is 31.0 Å². The van der Waals surface area contributed by atoms with Gasteiger partial charge in [-0.3, -0.25) is 4.99 Å². The Hall–Kier alpha value is -2.04. The Balaban J connectivity index is 1.64. The lowest BCUT2D eigenvalue weighted by Gasteiger charge is -2.32. The largest absolute Gasteiger partial charge is 0.351 e. The van der Waals surface area contributed by atoms with Gasteiger partial charge in [-0.1, -0.05) is 6.92 Å². The Morgan fingerprint density at radius 3 is 2.91 bits per heavy atom. The average molecular weight is 299 g/mol. The zero-order valence-corrected chi connectivity index (χ0v) is 13.7. The van der Waals surface area contributed by atoms with Crippen molar-refractivity contribution in [2.75, 3.05) is 20.1 Å². The van der Waals surface area contributed by atoms with E-state index < -0.39 is 0 Å². The van der Waals surface area contributed by atoms with Crippen LogP contribution in [0.4, 0.5) is 0 Å². The maximum absolute atomic E-state index is 4.66. The topological polar surface area (TPSA) is 44.9 Å². The van der Waals surface area contributed by atoms with Gasteiger partial charge in [-0.15, -0.1) is 0 Å². The first kappa shape index (κ1) is 14.9. The second-order valence-corrected chi connectivity index (χ2v) is 6.27. The number of hydrogen-bond donors (Lipinski definition) is 1. The van der Waals surface area contributed by atoms with Crippen molar-refractivity contribution >= 4 is 11.6 Å². The van der Waals surface area contributed by atoms with Gasteiger partial charge in [0, 0.05) is 32.5 Å². The van der Waals surface area contributed by atoms with Crippen LogP contribution < -0.4 is 5.32 Å². The molecule has 2 aromatic heterocycles. The fourth-order valence-electron chi connectivity index (χ4n) is 2.94. The van der Waals surface area contributed by atoms with Crippen LogP contribution in [0.5, 0.6) is 0 Å². The normalized spacial score (nSPS) is 17.2. The van der Waals surface area contributed by atoms with Crippen molar-refractivity contribution in [2.45, 2.75) is 33.2 Å². The third kappa shape index (κ3) is 3.24. The van der Waals surface area contributed by atoms with Crippen molar-refractivity contribution in [1.29, 1.82) is 0 Å². The second kappa shape index (κ2) is 6.38. The van der Waals surface area contributed by atoms with Crippen LogP contribution in [0.3, 0.4) is 0 Å². The quantitative estimate of drug-likeness (QED) is 0.684. The van der Waals surface area contributed by atoms with Crippen LogP contribution in [-0.4, -0.2) is 40.4 Å². The van der Waals surface area contributed by atoms with E-state index in [0.717, 1.165) is 36.3 Å². The molecule has 1 fully saturated rings. The molecule has 0 unspecified atom stereocenters. The van der Waals surface area contributed by atoms with E-state index in [4.69, 9.17) is 0 Å². The molecule has 0 aromatic carbocycles. The minimum absolute atomic E-state index is 0.708. The van der Waals surface area contributed by atoms with Gasteiger partial charge in [-0.05, 0) is 43.4 Å². The number of nitrogens with one attached hydrogen (secondary N) is 1. The van der Waals surface area contributed by atoms with Crippen LogP contribution in [0, 0.1) is 12.8 Å². The lowest BCUT2D eigenvalue weighted by molar-refractivity contribution is 0.273. The zero-order chi connectivity index (χ0) is 15.5. The molecule has 118 valence electrons. The third-order valence-corrected chi connectivity index (χ3v) is 4.39. The van der Waals surface area contributed by atoms with Gasteiger partial charge in [-0.25, -0.2) is 4.98 Å². The molecule has 3 heterocycles. The van der Waals surface area contributed by atoms with E-state index in [2.05, 4.69) is 63.0 Å². The summed E-state index contributed by atoms with van der Waals surface area (Å²) in [4.78, 5) is 11.4. The fraction of sp³-hybridized carbons (Fsp3) is 0.529. The summed E-state index contributed by atoms with van der Waals surface area (Å²) in [5, 5.41) is 3.45. The molecule has 22 heavy (non-hydrogen) atoms. The van der Waals surface area contributed by atoms with Crippen molar-refractivity contribution in [3.63, 3.8) is 0 Å². The van der Waals surface area contributed by atoms with Gasteiger partial charge in [0.25, 0.3) is 0 Å². The van der Waals surface area contributed by atoms with E-state index in [1.165, 1.54) is 18.4 Å². The summed E-state index contributed by atoms with van der Waals surface area (Å²) in [7, 11) is 1.85. The van der Waals surface area contributed by atoms with Crippen molar-refractivity contribution in [3.8, 4) is 0 Å². The minimum Gasteiger partial charge on any atom is -0.351 e. The van der Waals surface area contributed by atoms with Crippen LogP contribution in [0.25, 0.3) is 5.65 Å². The van der Waals surface area contributed by atoms with Crippen molar-refractivity contribution in [1.82, 2.24) is 19.6 Å². The number of imidazole rings is 1. The minimum atomic E-state index is 0.708. The van der Waals surface area contributed by atoms with Gasteiger partial charge < -0.3 is 14.6 Å². The summed E-state index contributed by atoms with van der Waals surface area (Å²) >= 11 is 0. The predicted molar refractivity (Wildman–Crippen MR) is 90.1 cm³/mol. The molecule has 0 radical (unpaired) electrons. The van der Waals surface area contributed by atoms with E-state index in [1.54, 1.807) is 0 Å². The molecule has 0 bridgehead atoms. The highest BCUT2D eigenvalue weighted by atomic mass is 15.3. The SMILES string of the molecule is CN=C(NCc1cn2ccc(C)cc2n1)N1CCC(C)CC1. The first-order valence-electron chi connectivity index (χ1n) is 8.05. The van der Waals surface area contributed by atoms with Gasteiger partial charge in [0.15, 0.2) is 5.96 Å². The molecule has 0 saturated carbocycles. The number of nitrogens with zero attached hydrogens (tertiary/aromatic N) is 4. The molecule has 1 aliphatic rings. The predicted octanol–water partition coefficient (Wildman–Crippen LogP) is 2.45. The van der Waals surface area contributed by atoms with Crippen LogP contribution in [-0.2, 0) is 6.54 Å². The Labute approximate surface area is 132 Å². The zero-order valence-electron chi connectivity index (χ0n) is 13.7. The first-order chi connectivity index (χ1) is 10.7. The third-order valence-electron chi connectivity index (χ3n) is 4.39. The molecule has 0 amide bonds. The highest BCUT2D eigenvalue weighted by Crippen LogP contribution is 2.16. The molecule has 0 aliphatic carbocycles. The summed E-state index contributed by atoms with van der Waals surface area (Å²) < 4.78 is 2.06. The van der Waals surface area contributed by atoms with Gasteiger partial charge in [0.2, 0.25) is 0 Å². The van der Waals surface area contributed by atoms with E-state index in [1.807, 2.05) is 7.05 Å². The van der Waals surface area contributed by atoms with Crippen molar-refractivity contribution in [3.05, 3.63) is 35.8 Å². The smallest absolute Gasteiger partial charge is 0.193 e. The Kier molecular flexibility index (Phi) is 4.32. The Bertz CT molecular complexity index is 665. The number of fused-ring (bicyclic) bond motifs is 1. The van der Waals surface area contributed by atoms with E-state index in [9.17, 15) is 0 Å². The van der Waals surface area contributed by atoms with E-state index in [0.29, 0.717) is 6.54 Å². The number of aromatic nitrogens is 2. The Morgan fingerprint density at radius 2 is 2.18 bits per heavy atom. The number of guanidine groups is 1. The van der Waals surface area contributed by atoms with Crippen LogP contribution in [0.2, 0.25) is 0 Å². The maximum atomic E-state index is 4.66.